The molecule has 1 aromatic carbocycles. The van der Waals surface area contributed by atoms with Crippen LogP contribution in [0.15, 0.2) is 24.5 Å². The molecule has 0 aliphatic carbocycles. The van der Waals surface area contributed by atoms with Crippen molar-refractivity contribution in [2.45, 2.75) is 0 Å². The number of aromatic nitrogens is 2. The third-order valence-electron chi connectivity index (χ3n) is 2.87. The third-order valence-corrected chi connectivity index (χ3v) is 2.87. The molecule has 0 saturated heterocycles. The summed E-state index contributed by atoms with van der Waals surface area (Å²) in [7, 11) is 0. The van der Waals surface area contributed by atoms with Crippen LogP contribution in [0.25, 0.3) is 0 Å². The molecule has 2 aromatic rings. The minimum atomic E-state index is -0.683. The van der Waals surface area contributed by atoms with Crippen LogP contribution in [-0.2, 0) is 0 Å². The van der Waals surface area contributed by atoms with Crippen LogP contribution >= 0.6 is 0 Å². The highest BCUT2D eigenvalue weighted by molar-refractivity contribution is 5.78. The number of nitrogen functional groups attached to an aromatic ring is 1. The van der Waals surface area contributed by atoms with E-state index in [1.807, 2.05) is 12.1 Å². The molecule has 2 rings (SSSR count). The maximum Gasteiger partial charge on any atom is 0.159 e. The largest absolute Gasteiger partial charge is 0.393 e. The SMILES string of the molecule is N#CCN(CC#N)c1ncnc(Nc2cc(F)ccc2F)c1N. The zero-order valence-corrected chi connectivity index (χ0v) is 11.8. The van der Waals surface area contributed by atoms with Crippen LogP contribution in [0.2, 0.25) is 0 Å². The fourth-order valence-electron chi connectivity index (χ4n) is 1.84. The van der Waals surface area contributed by atoms with Crippen molar-refractivity contribution in [3.05, 3.63) is 36.2 Å². The lowest BCUT2D eigenvalue weighted by Gasteiger charge is -2.20. The number of benzene rings is 1. The maximum absolute atomic E-state index is 13.7. The van der Waals surface area contributed by atoms with Crippen molar-refractivity contribution in [1.82, 2.24) is 9.97 Å². The second kappa shape index (κ2) is 7.00. The Hall–Kier alpha value is -3.46. The van der Waals surface area contributed by atoms with E-state index in [0.29, 0.717) is 0 Å². The highest BCUT2D eigenvalue weighted by Crippen LogP contribution is 2.29. The molecule has 0 saturated carbocycles. The normalized spacial score (nSPS) is 9.74. The first-order valence-electron chi connectivity index (χ1n) is 6.38. The summed E-state index contributed by atoms with van der Waals surface area (Å²) < 4.78 is 26.9. The van der Waals surface area contributed by atoms with Crippen LogP contribution in [-0.4, -0.2) is 23.1 Å². The number of rotatable bonds is 5. The molecule has 23 heavy (non-hydrogen) atoms. The van der Waals surface area contributed by atoms with E-state index in [2.05, 4.69) is 15.3 Å². The lowest BCUT2D eigenvalue weighted by atomic mass is 10.3. The number of nitrogens with zero attached hydrogens (tertiary/aromatic N) is 5. The van der Waals surface area contributed by atoms with Gasteiger partial charge in [-0.3, -0.25) is 0 Å². The van der Waals surface area contributed by atoms with E-state index in [0.717, 1.165) is 24.5 Å². The van der Waals surface area contributed by atoms with Gasteiger partial charge in [-0.1, -0.05) is 0 Å². The van der Waals surface area contributed by atoms with Gasteiger partial charge in [0.25, 0.3) is 0 Å². The summed E-state index contributed by atoms with van der Waals surface area (Å²) in [4.78, 5) is 9.15. The molecule has 1 aromatic heterocycles. The van der Waals surface area contributed by atoms with Crippen molar-refractivity contribution in [2.24, 2.45) is 0 Å². The van der Waals surface area contributed by atoms with Gasteiger partial charge >= 0.3 is 0 Å². The van der Waals surface area contributed by atoms with Gasteiger partial charge in [0.15, 0.2) is 11.6 Å². The third kappa shape index (κ3) is 3.60. The van der Waals surface area contributed by atoms with E-state index < -0.39 is 11.6 Å². The monoisotopic (exact) mass is 315 g/mol. The number of nitrogens with two attached hydrogens (primary N) is 1. The molecule has 0 fully saturated rings. The van der Waals surface area contributed by atoms with Gasteiger partial charge in [-0.25, -0.2) is 18.7 Å². The second-order valence-corrected chi connectivity index (χ2v) is 4.38. The van der Waals surface area contributed by atoms with Crippen LogP contribution in [0, 0.1) is 34.3 Å². The molecule has 0 bridgehead atoms. The fourth-order valence-corrected chi connectivity index (χ4v) is 1.84. The Kier molecular flexibility index (Phi) is 4.85. The van der Waals surface area contributed by atoms with E-state index in [9.17, 15) is 8.78 Å². The Morgan fingerprint density at radius 1 is 1.17 bits per heavy atom. The van der Waals surface area contributed by atoms with Gasteiger partial charge in [0, 0.05) is 6.07 Å². The number of anilines is 4. The summed E-state index contributed by atoms with van der Waals surface area (Å²) in [5.74, 6) is -1.11. The van der Waals surface area contributed by atoms with Crippen molar-refractivity contribution in [3.63, 3.8) is 0 Å². The molecule has 0 amide bonds. The highest BCUT2D eigenvalue weighted by atomic mass is 19.1. The molecule has 0 atom stereocenters. The van der Waals surface area contributed by atoms with Gasteiger partial charge in [0.05, 0.1) is 17.8 Å². The summed E-state index contributed by atoms with van der Waals surface area (Å²) in [6.45, 7) is -0.217. The standard InChI is InChI=1S/C14H11F2N7/c15-9-1-2-10(16)11(7-9)22-13-12(19)14(21-8-20-13)23(5-3-17)6-4-18/h1-2,7-8H,5-6,19H2,(H,20,21,22). The summed E-state index contributed by atoms with van der Waals surface area (Å²) in [6, 6.07) is 6.69. The molecule has 0 spiro atoms. The van der Waals surface area contributed by atoms with E-state index in [1.165, 1.54) is 4.90 Å². The Labute approximate surface area is 130 Å². The Morgan fingerprint density at radius 3 is 2.52 bits per heavy atom. The molecule has 1 heterocycles. The minimum absolute atomic E-state index is 0.0154. The molecule has 3 N–H and O–H groups in total. The Morgan fingerprint density at radius 2 is 1.87 bits per heavy atom. The highest BCUT2D eigenvalue weighted by Gasteiger charge is 2.16. The van der Waals surface area contributed by atoms with Crippen molar-refractivity contribution >= 4 is 23.0 Å². The summed E-state index contributed by atoms with van der Waals surface area (Å²) in [6.07, 6.45) is 1.15. The predicted molar refractivity (Wildman–Crippen MR) is 79.5 cm³/mol. The topological polar surface area (TPSA) is 115 Å². The zero-order chi connectivity index (χ0) is 16.8. The van der Waals surface area contributed by atoms with Crippen molar-refractivity contribution in [3.8, 4) is 12.1 Å². The van der Waals surface area contributed by atoms with Gasteiger partial charge in [-0.05, 0) is 12.1 Å². The fraction of sp³-hybridized carbons (Fsp3) is 0.143. The van der Waals surface area contributed by atoms with E-state index in [-0.39, 0.29) is 36.1 Å². The summed E-state index contributed by atoms with van der Waals surface area (Å²) in [5, 5.41) is 20.2. The molecule has 0 unspecified atom stereocenters. The number of nitriles is 2. The summed E-state index contributed by atoms with van der Waals surface area (Å²) >= 11 is 0. The molecule has 9 heteroatoms. The first-order chi connectivity index (χ1) is 11.1. The van der Waals surface area contributed by atoms with Crippen LogP contribution in [0.5, 0.6) is 0 Å². The predicted octanol–water partition coefficient (Wildman–Crippen LogP) is 1.93. The number of halogens is 2. The Balaban J connectivity index is 2.38. The average Bonchev–Trinajstić information content (AvgIpc) is 2.53. The van der Waals surface area contributed by atoms with E-state index in [4.69, 9.17) is 16.3 Å². The van der Waals surface area contributed by atoms with E-state index >= 15 is 0 Å². The van der Waals surface area contributed by atoms with Crippen molar-refractivity contribution < 1.29 is 8.78 Å². The van der Waals surface area contributed by atoms with E-state index in [1.54, 1.807) is 0 Å². The lowest BCUT2D eigenvalue weighted by Crippen LogP contribution is -2.26. The number of hydrogen-bond donors (Lipinski definition) is 2. The van der Waals surface area contributed by atoms with Crippen molar-refractivity contribution in [2.75, 3.05) is 29.0 Å². The molecular weight excluding hydrogens is 304 g/mol. The van der Waals surface area contributed by atoms with Gasteiger partial charge in [0.1, 0.15) is 36.7 Å². The zero-order valence-electron chi connectivity index (χ0n) is 11.8. The first-order valence-corrected chi connectivity index (χ1v) is 6.38. The van der Waals surface area contributed by atoms with Crippen LogP contribution in [0.3, 0.4) is 0 Å². The second-order valence-electron chi connectivity index (χ2n) is 4.38. The molecule has 7 nitrogen and oxygen atoms in total. The first kappa shape index (κ1) is 15.9. The molecule has 0 aliphatic rings. The van der Waals surface area contributed by atoms with Gasteiger partial charge in [-0.2, -0.15) is 10.5 Å². The smallest absolute Gasteiger partial charge is 0.159 e. The number of nitrogens with one attached hydrogen (secondary N) is 1. The minimum Gasteiger partial charge on any atom is -0.393 e. The maximum atomic E-state index is 13.7. The van der Waals surface area contributed by atoms with Crippen LogP contribution in [0.4, 0.5) is 31.8 Å². The molecule has 0 aliphatic heterocycles. The van der Waals surface area contributed by atoms with Gasteiger partial charge in [-0.15, -0.1) is 0 Å². The van der Waals surface area contributed by atoms with Gasteiger partial charge < -0.3 is 16.0 Å². The molecule has 0 radical (unpaired) electrons. The average molecular weight is 315 g/mol. The van der Waals surface area contributed by atoms with Crippen molar-refractivity contribution in [1.29, 1.82) is 10.5 Å². The Bertz CT molecular complexity index is 779. The molecular formula is C14H11F2N7. The quantitative estimate of drug-likeness (QED) is 0.810. The van der Waals surface area contributed by atoms with Crippen LogP contribution in [0.1, 0.15) is 0 Å². The van der Waals surface area contributed by atoms with Crippen LogP contribution < -0.4 is 16.0 Å². The molecule has 116 valence electrons. The van der Waals surface area contributed by atoms with Gasteiger partial charge in [0.2, 0.25) is 0 Å². The number of hydrogen-bond acceptors (Lipinski definition) is 7. The lowest BCUT2D eigenvalue weighted by molar-refractivity contribution is 0.603. The summed E-state index contributed by atoms with van der Waals surface area (Å²) in [5.41, 5.74) is 5.79.